The van der Waals surface area contributed by atoms with Gasteiger partial charge in [-0.1, -0.05) is 46.4 Å². The monoisotopic (exact) mass is 870 g/mol. The third-order valence-corrected chi connectivity index (χ3v) is 11.0. The normalized spacial score (nSPS) is 17.3. The number of rotatable bonds is 12. The summed E-state index contributed by atoms with van der Waals surface area (Å²) >= 11 is 24.4. The van der Waals surface area contributed by atoms with Crippen LogP contribution >= 0.6 is 46.4 Å². The minimum Gasteiger partial charge on any atom is -0.495 e. The van der Waals surface area contributed by atoms with Gasteiger partial charge in [-0.25, -0.2) is 0 Å². The summed E-state index contributed by atoms with van der Waals surface area (Å²) in [5, 5.41) is 6.97. The number of methoxy groups -OCH3 is 2. The van der Waals surface area contributed by atoms with Crippen molar-refractivity contribution >= 4 is 63.6 Å². The van der Waals surface area contributed by atoms with Crippen molar-refractivity contribution in [2.24, 2.45) is 0 Å². The van der Waals surface area contributed by atoms with Crippen molar-refractivity contribution < 1.29 is 40.6 Å². The lowest BCUT2D eigenvalue weighted by Crippen LogP contribution is -2.61. The summed E-state index contributed by atoms with van der Waals surface area (Å²) in [7, 11) is 2.99. The van der Waals surface area contributed by atoms with Gasteiger partial charge in [0.2, 0.25) is 0 Å². The van der Waals surface area contributed by atoms with E-state index in [9.17, 15) is 26.3 Å². The zero-order valence-electron chi connectivity index (χ0n) is 29.9. The van der Waals surface area contributed by atoms with Crippen LogP contribution < -0.4 is 19.3 Å². The number of aromatic nitrogens is 4. The molecule has 2 fully saturated rings. The summed E-state index contributed by atoms with van der Waals surface area (Å²) in [6.07, 6.45) is -7.67. The highest BCUT2D eigenvalue weighted by atomic mass is 35.5. The molecule has 6 rings (SSSR count). The second kappa shape index (κ2) is 17.1. The van der Waals surface area contributed by atoms with Gasteiger partial charge in [-0.05, 0) is 24.3 Å². The van der Waals surface area contributed by atoms with Crippen LogP contribution in [0.25, 0.3) is 0 Å². The van der Waals surface area contributed by atoms with Crippen LogP contribution in [0.3, 0.4) is 0 Å². The average molecular weight is 873 g/mol. The van der Waals surface area contributed by atoms with E-state index in [4.69, 9.17) is 55.9 Å². The molecule has 0 N–H and O–H groups in total. The Kier molecular flexibility index (Phi) is 12.8. The predicted molar refractivity (Wildman–Crippen MR) is 201 cm³/mol. The number of halogens is 10. The minimum absolute atomic E-state index is 0.299. The van der Waals surface area contributed by atoms with Crippen LogP contribution in [0.15, 0.2) is 48.8 Å². The van der Waals surface area contributed by atoms with E-state index in [1.54, 1.807) is 24.3 Å². The summed E-state index contributed by atoms with van der Waals surface area (Å²) in [5.74, 6) is 0.496. The molecule has 2 aliphatic rings. The van der Waals surface area contributed by atoms with Gasteiger partial charge in [0.15, 0.2) is 17.2 Å². The lowest BCUT2D eigenvalue weighted by atomic mass is 9.99. The van der Waals surface area contributed by atoms with Gasteiger partial charge >= 0.3 is 12.4 Å². The van der Waals surface area contributed by atoms with Crippen molar-refractivity contribution in [3.05, 3.63) is 80.3 Å². The third kappa shape index (κ3) is 9.39. The second-order valence-corrected chi connectivity index (χ2v) is 14.8. The molecule has 56 heavy (non-hydrogen) atoms. The number of nitrogens with zero attached hydrogens (tertiary/aromatic N) is 8. The smallest absolute Gasteiger partial charge is 0.436 e. The molecule has 2 unspecified atom stereocenters. The van der Waals surface area contributed by atoms with E-state index in [0.717, 1.165) is 33.1 Å². The SMILES string of the molecule is COc1cc(N2CCN(C(Cn3cc(Cl)c(C(F)(F)F)n3)C(=O)C(Cn3cc(Cl)c(C(F)(F)F)n3)N3CCN(c4ccc(Cl)c(OC)c4)CC3)CC2)ccc1Cl. The molecular weight excluding hydrogens is 836 g/mol. The Morgan fingerprint density at radius 1 is 0.625 bits per heavy atom. The number of anilines is 2. The first-order valence-electron chi connectivity index (χ1n) is 17.3. The molecule has 0 aliphatic carbocycles. The number of piperazine rings is 2. The fraction of sp³-hybridized carbons (Fsp3) is 0.457. The van der Waals surface area contributed by atoms with Gasteiger partial charge in [-0.2, -0.15) is 36.5 Å². The minimum atomic E-state index is -4.85. The third-order valence-electron chi connectivity index (χ3n) is 9.86. The Bertz CT molecular complexity index is 1870. The maximum absolute atomic E-state index is 15.0. The van der Waals surface area contributed by atoms with E-state index in [-0.39, 0.29) is 13.1 Å². The summed E-state index contributed by atoms with van der Waals surface area (Å²) in [5.41, 5.74) is -0.978. The molecule has 2 aliphatic heterocycles. The molecule has 11 nitrogen and oxygen atoms in total. The van der Waals surface area contributed by atoms with Gasteiger partial charge in [0, 0.05) is 88.3 Å². The summed E-state index contributed by atoms with van der Waals surface area (Å²) in [6.45, 7) is 2.22. The quantitative estimate of drug-likeness (QED) is 0.135. The fourth-order valence-corrected chi connectivity index (χ4v) is 7.89. The largest absolute Gasteiger partial charge is 0.495 e. The Morgan fingerprint density at radius 3 is 1.29 bits per heavy atom. The van der Waals surface area contributed by atoms with Crippen molar-refractivity contribution in [3.63, 3.8) is 0 Å². The molecule has 0 amide bonds. The molecule has 0 spiro atoms. The number of alkyl halides is 6. The molecule has 0 radical (unpaired) electrons. The molecule has 304 valence electrons. The number of ketones is 1. The van der Waals surface area contributed by atoms with Crippen molar-refractivity contribution in [3.8, 4) is 11.5 Å². The van der Waals surface area contributed by atoms with Crippen molar-refractivity contribution in [2.75, 3.05) is 76.4 Å². The van der Waals surface area contributed by atoms with Crippen LogP contribution in [0.2, 0.25) is 20.1 Å². The average Bonchev–Trinajstić information content (AvgIpc) is 3.74. The fourth-order valence-electron chi connectivity index (χ4n) is 6.99. The van der Waals surface area contributed by atoms with Crippen molar-refractivity contribution in [1.29, 1.82) is 0 Å². The molecular formula is C35H36Cl4F6N8O3. The Balaban J connectivity index is 1.31. The first-order chi connectivity index (χ1) is 26.5. The van der Waals surface area contributed by atoms with Gasteiger partial charge in [-0.3, -0.25) is 24.0 Å². The molecule has 2 saturated heterocycles. The second-order valence-electron chi connectivity index (χ2n) is 13.2. The molecule has 4 heterocycles. The number of ether oxygens (including phenoxy) is 2. The highest BCUT2D eigenvalue weighted by Crippen LogP contribution is 2.36. The summed E-state index contributed by atoms with van der Waals surface area (Å²) < 4.78 is 95.3. The molecule has 21 heteroatoms. The van der Waals surface area contributed by atoms with Gasteiger partial charge < -0.3 is 19.3 Å². The van der Waals surface area contributed by atoms with Crippen LogP contribution in [-0.4, -0.2) is 114 Å². The Hall–Kier alpha value is -3.61. The molecule has 0 bridgehead atoms. The van der Waals surface area contributed by atoms with E-state index in [0.29, 0.717) is 73.9 Å². The molecule has 4 aromatic rings. The zero-order valence-corrected chi connectivity index (χ0v) is 33.0. The highest BCUT2D eigenvalue weighted by molar-refractivity contribution is 6.32. The summed E-state index contributed by atoms with van der Waals surface area (Å²) in [6, 6.07) is 8.47. The number of hydrogen-bond donors (Lipinski definition) is 0. The maximum Gasteiger partial charge on any atom is 0.436 e. The zero-order chi connectivity index (χ0) is 40.5. The molecule has 2 aromatic carbocycles. The van der Waals surface area contributed by atoms with Crippen LogP contribution in [0, 0.1) is 0 Å². The van der Waals surface area contributed by atoms with Crippen molar-refractivity contribution in [1.82, 2.24) is 29.4 Å². The first-order valence-corrected chi connectivity index (χ1v) is 18.8. The van der Waals surface area contributed by atoms with Gasteiger partial charge in [0.05, 0.1) is 59.5 Å². The lowest BCUT2D eigenvalue weighted by Gasteiger charge is -2.43. The Morgan fingerprint density at radius 2 is 0.982 bits per heavy atom. The number of benzene rings is 2. The van der Waals surface area contributed by atoms with Crippen LogP contribution in [0.4, 0.5) is 37.7 Å². The topological polar surface area (TPSA) is 84.1 Å². The molecule has 0 saturated carbocycles. The van der Waals surface area contributed by atoms with Crippen molar-refractivity contribution in [2.45, 2.75) is 37.5 Å². The van der Waals surface area contributed by atoms with E-state index in [2.05, 4.69) is 20.0 Å². The summed E-state index contributed by atoms with van der Waals surface area (Å²) in [4.78, 5) is 22.8. The lowest BCUT2D eigenvalue weighted by molar-refractivity contribution is -0.142. The number of carbonyl (C=O) groups excluding carboxylic acids is 1. The van der Waals surface area contributed by atoms with Crippen LogP contribution in [-0.2, 0) is 30.2 Å². The van der Waals surface area contributed by atoms with Crippen LogP contribution in [0.1, 0.15) is 11.4 Å². The Labute approximate surface area is 338 Å². The van der Waals surface area contributed by atoms with E-state index < -0.39 is 51.7 Å². The number of hydrogen-bond acceptors (Lipinski definition) is 9. The standard InChI is InChI=1S/C35H36Cl4F6N8O3/c1-55-29-15-21(3-5-23(29)36)48-7-11-50(12-8-48)27(19-52-17-25(38)32(46-52)34(40,41)42)31(54)28(20-53-18-26(39)33(47-53)35(43,44)45)51-13-9-49(10-14-51)22-4-6-24(37)30(16-22)56-2/h3-6,15-18,27-28H,7-14,19-20H2,1-2H3. The van der Waals surface area contributed by atoms with E-state index in [1.165, 1.54) is 14.2 Å². The molecule has 2 atom stereocenters. The number of Topliss-reactive ketones (excluding diaryl/α,β-unsaturated/α-hetero) is 1. The number of carbonyl (C=O) groups is 1. The van der Waals surface area contributed by atoms with Gasteiger partial charge in [-0.15, -0.1) is 0 Å². The first kappa shape index (κ1) is 42.0. The van der Waals surface area contributed by atoms with E-state index in [1.807, 2.05) is 21.9 Å². The molecule has 2 aromatic heterocycles. The maximum atomic E-state index is 15.0. The van der Waals surface area contributed by atoms with Gasteiger partial charge in [0.1, 0.15) is 11.5 Å². The predicted octanol–water partition coefficient (Wildman–Crippen LogP) is 7.40. The highest BCUT2D eigenvalue weighted by Gasteiger charge is 2.42. The van der Waals surface area contributed by atoms with Gasteiger partial charge in [0.25, 0.3) is 0 Å². The van der Waals surface area contributed by atoms with Crippen LogP contribution in [0.5, 0.6) is 11.5 Å². The van der Waals surface area contributed by atoms with E-state index >= 15 is 4.79 Å².